The zero-order chi connectivity index (χ0) is 18.4. The molecule has 0 unspecified atom stereocenters. The Kier molecular flexibility index (Phi) is 3.89. The molecule has 0 fully saturated rings. The van der Waals surface area contributed by atoms with Gasteiger partial charge in [0, 0.05) is 21.2 Å². The molecule has 0 spiro atoms. The van der Waals surface area contributed by atoms with Gasteiger partial charge in [0.2, 0.25) is 0 Å². The van der Waals surface area contributed by atoms with Crippen LogP contribution < -0.4 is 0 Å². The molecule has 0 radical (unpaired) electrons. The Balaban J connectivity index is 1.91. The first-order valence-corrected chi connectivity index (χ1v) is 9.39. The normalized spacial score (nSPS) is 11.3. The van der Waals surface area contributed by atoms with E-state index in [0.717, 1.165) is 44.3 Å². The predicted molar refractivity (Wildman–Crippen MR) is 114 cm³/mol. The van der Waals surface area contributed by atoms with Crippen LogP contribution in [0, 0.1) is 0 Å². The highest BCUT2D eigenvalue weighted by atomic mass is 35.5. The number of fused-ring (bicyclic) bond motifs is 2. The van der Waals surface area contributed by atoms with Crippen molar-refractivity contribution in [3.05, 3.63) is 88.9 Å². The number of rotatable bonds is 2. The third kappa shape index (κ3) is 2.69. The minimum atomic E-state index is 0.621. The number of hydrogen-bond donors (Lipinski definition) is 1. The molecule has 5 rings (SSSR count). The molecule has 130 valence electrons. The highest BCUT2D eigenvalue weighted by molar-refractivity contribution is 6.39. The molecule has 1 N–H and O–H groups in total. The number of hydrogen-bond acceptors (Lipinski definition) is 1. The fraction of sp³-hybridized carbons (Fsp3) is 0. The Morgan fingerprint density at radius 1 is 0.667 bits per heavy atom. The lowest BCUT2D eigenvalue weighted by atomic mass is 9.93. The molecule has 0 aliphatic carbocycles. The summed E-state index contributed by atoms with van der Waals surface area (Å²) in [6.07, 6.45) is 0. The van der Waals surface area contributed by atoms with Crippen LogP contribution in [0.25, 0.3) is 44.3 Å². The van der Waals surface area contributed by atoms with E-state index < -0.39 is 0 Å². The van der Waals surface area contributed by atoms with Crippen molar-refractivity contribution in [1.82, 2.24) is 9.97 Å². The number of imidazole rings is 1. The van der Waals surface area contributed by atoms with Crippen LogP contribution in [0.1, 0.15) is 0 Å². The second kappa shape index (κ2) is 6.41. The van der Waals surface area contributed by atoms with Crippen LogP contribution in [0.3, 0.4) is 0 Å². The molecule has 1 heterocycles. The van der Waals surface area contributed by atoms with Gasteiger partial charge in [-0.25, -0.2) is 4.98 Å². The number of nitrogens with one attached hydrogen (secondary N) is 1. The van der Waals surface area contributed by atoms with Crippen molar-refractivity contribution in [3.63, 3.8) is 0 Å². The van der Waals surface area contributed by atoms with Crippen LogP contribution in [0.5, 0.6) is 0 Å². The maximum absolute atomic E-state index is 6.54. The average molecular weight is 389 g/mol. The van der Waals surface area contributed by atoms with Crippen LogP contribution in [-0.4, -0.2) is 9.97 Å². The average Bonchev–Trinajstić information content (AvgIpc) is 3.11. The second-order valence-corrected chi connectivity index (χ2v) is 7.22. The van der Waals surface area contributed by atoms with Crippen molar-refractivity contribution in [2.75, 3.05) is 0 Å². The number of nitrogens with zero attached hydrogens (tertiary/aromatic N) is 1. The summed E-state index contributed by atoms with van der Waals surface area (Å²) >= 11 is 13.1. The monoisotopic (exact) mass is 388 g/mol. The van der Waals surface area contributed by atoms with Gasteiger partial charge in [0.1, 0.15) is 5.82 Å². The molecule has 0 atom stereocenters. The minimum absolute atomic E-state index is 0.621. The van der Waals surface area contributed by atoms with Gasteiger partial charge in [-0.3, -0.25) is 0 Å². The Labute approximate surface area is 166 Å². The van der Waals surface area contributed by atoms with Crippen LogP contribution in [-0.2, 0) is 0 Å². The molecular formula is C23H14Cl2N2. The van der Waals surface area contributed by atoms with E-state index >= 15 is 0 Å². The number of halogens is 2. The Morgan fingerprint density at radius 2 is 1.41 bits per heavy atom. The van der Waals surface area contributed by atoms with E-state index in [1.54, 1.807) is 0 Å². The van der Waals surface area contributed by atoms with E-state index in [9.17, 15) is 0 Å². The largest absolute Gasteiger partial charge is 0.338 e. The van der Waals surface area contributed by atoms with Crippen LogP contribution in [0.2, 0.25) is 10.0 Å². The fourth-order valence-electron chi connectivity index (χ4n) is 3.56. The van der Waals surface area contributed by atoms with Gasteiger partial charge in [-0.05, 0) is 40.6 Å². The van der Waals surface area contributed by atoms with E-state index in [0.29, 0.717) is 10.0 Å². The van der Waals surface area contributed by atoms with E-state index in [1.165, 1.54) is 0 Å². The van der Waals surface area contributed by atoms with Gasteiger partial charge >= 0.3 is 0 Å². The minimum Gasteiger partial charge on any atom is -0.338 e. The number of benzene rings is 4. The standard InChI is InChI=1S/C23H14Cl2N2/c24-17-8-5-9-18(25)22(17)16-13-12-14-6-1-2-7-15(14)21(16)23-26-19-10-3-4-11-20(19)27-23/h1-13H,(H,26,27). The van der Waals surface area contributed by atoms with Gasteiger partial charge in [0.05, 0.1) is 11.0 Å². The van der Waals surface area contributed by atoms with E-state index in [2.05, 4.69) is 29.2 Å². The van der Waals surface area contributed by atoms with Crippen molar-refractivity contribution in [3.8, 4) is 22.5 Å². The summed E-state index contributed by atoms with van der Waals surface area (Å²) in [6.45, 7) is 0. The SMILES string of the molecule is Clc1cccc(Cl)c1-c1ccc2ccccc2c1-c1nc2ccccc2[nH]1. The van der Waals surface area contributed by atoms with Gasteiger partial charge in [0.25, 0.3) is 0 Å². The molecule has 0 saturated carbocycles. The molecule has 1 aromatic heterocycles. The molecule has 5 aromatic rings. The summed E-state index contributed by atoms with van der Waals surface area (Å²) in [6, 6.07) is 26.0. The first-order chi connectivity index (χ1) is 13.2. The van der Waals surface area contributed by atoms with Gasteiger partial charge in [0.15, 0.2) is 0 Å². The second-order valence-electron chi connectivity index (χ2n) is 6.41. The highest BCUT2D eigenvalue weighted by Crippen LogP contribution is 2.43. The summed E-state index contributed by atoms with van der Waals surface area (Å²) in [5.74, 6) is 0.805. The van der Waals surface area contributed by atoms with Crippen molar-refractivity contribution in [2.24, 2.45) is 0 Å². The van der Waals surface area contributed by atoms with E-state index in [-0.39, 0.29) is 0 Å². The molecule has 0 bridgehead atoms. The number of H-pyrrole nitrogens is 1. The maximum Gasteiger partial charge on any atom is 0.139 e. The Hall–Kier alpha value is -2.81. The lowest BCUT2D eigenvalue weighted by Crippen LogP contribution is -1.91. The molecule has 4 aromatic carbocycles. The highest BCUT2D eigenvalue weighted by Gasteiger charge is 2.18. The summed E-state index contributed by atoms with van der Waals surface area (Å²) in [5.41, 5.74) is 4.71. The smallest absolute Gasteiger partial charge is 0.139 e. The topological polar surface area (TPSA) is 28.7 Å². The molecular weight excluding hydrogens is 375 g/mol. The maximum atomic E-state index is 6.54. The third-order valence-corrected chi connectivity index (χ3v) is 5.42. The molecule has 0 aliphatic heterocycles. The van der Waals surface area contributed by atoms with Crippen LogP contribution in [0.4, 0.5) is 0 Å². The molecule has 0 amide bonds. The first-order valence-electron chi connectivity index (χ1n) is 8.63. The van der Waals surface area contributed by atoms with Gasteiger partial charge in [-0.1, -0.05) is 77.8 Å². The van der Waals surface area contributed by atoms with Crippen molar-refractivity contribution < 1.29 is 0 Å². The molecule has 0 aliphatic rings. The van der Waals surface area contributed by atoms with Gasteiger partial charge in [-0.2, -0.15) is 0 Å². The van der Waals surface area contributed by atoms with Crippen molar-refractivity contribution in [1.29, 1.82) is 0 Å². The zero-order valence-electron chi connectivity index (χ0n) is 14.2. The fourth-order valence-corrected chi connectivity index (χ4v) is 4.16. The number of aromatic amines is 1. The molecule has 4 heteroatoms. The Morgan fingerprint density at radius 3 is 2.22 bits per heavy atom. The van der Waals surface area contributed by atoms with Gasteiger partial charge in [-0.15, -0.1) is 0 Å². The van der Waals surface area contributed by atoms with E-state index in [1.807, 2.05) is 54.6 Å². The molecule has 0 saturated heterocycles. The third-order valence-electron chi connectivity index (χ3n) is 4.79. The van der Waals surface area contributed by atoms with Gasteiger partial charge < -0.3 is 4.98 Å². The van der Waals surface area contributed by atoms with Crippen LogP contribution in [0.15, 0.2) is 78.9 Å². The van der Waals surface area contributed by atoms with Crippen molar-refractivity contribution in [2.45, 2.75) is 0 Å². The lowest BCUT2D eigenvalue weighted by molar-refractivity contribution is 1.35. The molecule has 2 nitrogen and oxygen atoms in total. The lowest BCUT2D eigenvalue weighted by Gasteiger charge is -2.14. The first kappa shape index (κ1) is 16.4. The summed E-state index contributed by atoms with van der Waals surface area (Å²) in [5, 5.41) is 3.48. The summed E-state index contributed by atoms with van der Waals surface area (Å²) in [7, 11) is 0. The summed E-state index contributed by atoms with van der Waals surface area (Å²) in [4.78, 5) is 8.29. The van der Waals surface area contributed by atoms with Crippen molar-refractivity contribution >= 4 is 45.0 Å². The molecule has 27 heavy (non-hydrogen) atoms. The quantitative estimate of drug-likeness (QED) is 0.336. The number of para-hydroxylation sites is 2. The van der Waals surface area contributed by atoms with E-state index in [4.69, 9.17) is 28.2 Å². The predicted octanol–water partition coefficient (Wildman–Crippen LogP) is 7.36. The zero-order valence-corrected chi connectivity index (χ0v) is 15.7. The summed E-state index contributed by atoms with van der Waals surface area (Å²) < 4.78 is 0. The van der Waals surface area contributed by atoms with Crippen LogP contribution >= 0.6 is 23.2 Å². The number of aromatic nitrogens is 2. The Bertz CT molecular complexity index is 1250.